The number of carbonyl (C=O) groups is 1. The predicted molar refractivity (Wildman–Crippen MR) is 109 cm³/mol. The van der Waals surface area contributed by atoms with Crippen LogP contribution in [0.1, 0.15) is 29.5 Å². The Morgan fingerprint density at radius 1 is 1.48 bits per heavy atom. The summed E-state index contributed by atoms with van der Waals surface area (Å²) in [7, 11) is 0. The minimum Gasteiger partial charge on any atom is -0.376 e. The highest BCUT2D eigenvalue weighted by Crippen LogP contribution is 2.27. The number of benzene rings is 1. The van der Waals surface area contributed by atoms with E-state index < -0.39 is 5.82 Å². The third-order valence-electron chi connectivity index (χ3n) is 4.96. The molecule has 2 aromatic heterocycles. The molecule has 1 aliphatic rings. The number of nitriles is 1. The van der Waals surface area contributed by atoms with E-state index in [2.05, 4.69) is 15.6 Å². The van der Waals surface area contributed by atoms with Gasteiger partial charge in [0.15, 0.2) is 0 Å². The Morgan fingerprint density at radius 2 is 2.32 bits per heavy atom. The maximum absolute atomic E-state index is 14.0. The smallest absolute Gasteiger partial charge is 0.226 e. The predicted octanol–water partition coefficient (Wildman–Crippen LogP) is 3.02. The summed E-state index contributed by atoms with van der Waals surface area (Å²) in [5.41, 5.74) is 2.24. The SMILES string of the molecule is C[C@@H](Cn1ccc(-c2cc(F)c(C#N)c(Cl)c2)n1)NC(=O)Cc1noc2c1COCC2. The molecule has 0 spiro atoms. The van der Waals surface area contributed by atoms with E-state index in [-0.39, 0.29) is 29.0 Å². The maximum atomic E-state index is 14.0. The summed E-state index contributed by atoms with van der Waals surface area (Å²) >= 11 is 5.97. The molecule has 0 saturated heterocycles. The van der Waals surface area contributed by atoms with Crippen molar-refractivity contribution in [1.82, 2.24) is 20.3 Å². The minimum atomic E-state index is -0.694. The molecule has 0 radical (unpaired) electrons. The number of carbonyl (C=O) groups excluding carboxylic acids is 1. The van der Waals surface area contributed by atoms with Crippen molar-refractivity contribution in [3.05, 3.63) is 57.8 Å². The van der Waals surface area contributed by atoms with Crippen LogP contribution < -0.4 is 5.32 Å². The summed E-state index contributed by atoms with van der Waals surface area (Å²) in [5, 5.41) is 20.3. The highest BCUT2D eigenvalue weighted by molar-refractivity contribution is 6.32. The van der Waals surface area contributed by atoms with E-state index in [4.69, 9.17) is 26.1 Å². The molecule has 0 unspecified atom stereocenters. The highest BCUT2D eigenvalue weighted by atomic mass is 35.5. The van der Waals surface area contributed by atoms with Crippen LogP contribution in [0.4, 0.5) is 4.39 Å². The second-order valence-corrected chi connectivity index (χ2v) is 7.74. The zero-order valence-corrected chi connectivity index (χ0v) is 17.4. The normalized spacial score (nSPS) is 14.0. The van der Waals surface area contributed by atoms with E-state index in [0.717, 1.165) is 11.3 Å². The first kappa shape index (κ1) is 21.0. The number of nitrogens with zero attached hydrogens (tertiary/aromatic N) is 4. The van der Waals surface area contributed by atoms with Crippen molar-refractivity contribution < 1.29 is 18.4 Å². The number of fused-ring (bicyclic) bond motifs is 1. The zero-order chi connectivity index (χ0) is 22.0. The van der Waals surface area contributed by atoms with E-state index >= 15 is 0 Å². The van der Waals surface area contributed by atoms with Crippen LogP contribution in [0, 0.1) is 17.1 Å². The Morgan fingerprint density at radius 3 is 3.10 bits per heavy atom. The van der Waals surface area contributed by atoms with E-state index in [1.165, 1.54) is 12.1 Å². The van der Waals surface area contributed by atoms with Crippen molar-refractivity contribution in [2.45, 2.75) is 39.0 Å². The van der Waals surface area contributed by atoms with E-state index in [0.29, 0.717) is 43.1 Å². The molecule has 160 valence electrons. The van der Waals surface area contributed by atoms with Crippen molar-refractivity contribution in [2.75, 3.05) is 6.61 Å². The number of ether oxygens (including phenoxy) is 1. The molecule has 0 bridgehead atoms. The molecule has 0 aliphatic carbocycles. The van der Waals surface area contributed by atoms with Gasteiger partial charge in [-0.1, -0.05) is 16.8 Å². The monoisotopic (exact) mass is 443 g/mol. The third kappa shape index (κ3) is 4.60. The molecule has 1 N–H and O–H groups in total. The molecule has 0 saturated carbocycles. The fourth-order valence-electron chi connectivity index (χ4n) is 3.47. The van der Waals surface area contributed by atoms with Gasteiger partial charge in [0, 0.05) is 29.8 Å². The molecule has 4 rings (SSSR count). The molecule has 31 heavy (non-hydrogen) atoms. The molecule has 3 aromatic rings. The first-order valence-corrected chi connectivity index (χ1v) is 10.1. The Bertz CT molecular complexity index is 1140. The average molecular weight is 444 g/mol. The van der Waals surface area contributed by atoms with Gasteiger partial charge < -0.3 is 14.6 Å². The minimum absolute atomic E-state index is 0.0353. The quantitative estimate of drug-likeness (QED) is 0.627. The molecule has 3 heterocycles. The molecule has 1 atom stereocenters. The molecule has 1 amide bonds. The van der Waals surface area contributed by atoms with Crippen molar-refractivity contribution in [2.24, 2.45) is 0 Å². The lowest BCUT2D eigenvalue weighted by Crippen LogP contribution is -2.37. The average Bonchev–Trinajstić information content (AvgIpc) is 3.35. The summed E-state index contributed by atoms with van der Waals surface area (Å²) in [5.74, 6) is -0.0892. The van der Waals surface area contributed by atoms with Crippen LogP contribution in [-0.4, -0.2) is 33.5 Å². The number of rotatable bonds is 6. The molecule has 1 aromatic carbocycles. The molecule has 0 fully saturated rings. The molecular formula is C21H19ClFN5O3. The Balaban J connectivity index is 1.37. The summed E-state index contributed by atoms with van der Waals surface area (Å²) in [6, 6.07) is 5.97. The molecule has 8 nitrogen and oxygen atoms in total. The standard InChI is InChI=1S/C21H19ClFN5O3/c1-12(25-21(29)8-19-15-11-30-5-3-20(15)31-27-19)10-28-4-2-18(26-28)13-6-16(22)14(9-24)17(23)7-13/h2,4,6-7,12H,3,5,8,10-11H2,1H3,(H,25,29)/t12-/m0/s1. The van der Waals surface area contributed by atoms with Crippen molar-refractivity contribution in [3.8, 4) is 17.3 Å². The number of aromatic nitrogens is 3. The maximum Gasteiger partial charge on any atom is 0.226 e. The summed E-state index contributed by atoms with van der Waals surface area (Å²) in [4.78, 5) is 12.4. The first-order valence-electron chi connectivity index (χ1n) is 9.71. The van der Waals surface area contributed by atoms with Gasteiger partial charge in [0.1, 0.15) is 23.2 Å². The van der Waals surface area contributed by atoms with Gasteiger partial charge in [-0.05, 0) is 25.1 Å². The van der Waals surface area contributed by atoms with Crippen LogP contribution >= 0.6 is 11.6 Å². The fourth-order valence-corrected chi connectivity index (χ4v) is 3.72. The number of hydrogen-bond donors (Lipinski definition) is 1. The van der Waals surface area contributed by atoms with Crippen molar-refractivity contribution >= 4 is 17.5 Å². The van der Waals surface area contributed by atoms with E-state index in [9.17, 15) is 9.18 Å². The zero-order valence-electron chi connectivity index (χ0n) is 16.7. The molecular weight excluding hydrogens is 425 g/mol. The number of halogens is 2. The van der Waals surface area contributed by atoms with Crippen molar-refractivity contribution in [3.63, 3.8) is 0 Å². The topological polar surface area (TPSA) is 106 Å². The second kappa shape index (κ2) is 8.88. The van der Waals surface area contributed by atoms with Gasteiger partial charge in [-0.25, -0.2) is 4.39 Å². The van der Waals surface area contributed by atoms with Gasteiger partial charge in [-0.3, -0.25) is 9.48 Å². The molecule has 1 aliphatic heterocycles. The third-order valence-corrected chi connectivity index (χ3v) is 5.26. The van der Waals surface area contributed by atoms with Crippen molar-refractivity contribution in [1.29, 1.82) is 5.26 Å². The lowest BCUT2D eigenvalue weighted by atomic mass is 10.1. The van der Waals surface area contributed by atoms with Gasteiger partial charge in [0.05, 0.1) is 42.6 Å². The lowest BCUT2D eigenvalue weighted by Gasteiger charge is -2.14. The van der Waals surface area contributed by atoms with Crippen LogP contribution in [0.2, 0.25) is 5.02 Å². The Labute approximate surface area is 182 Å². The van der Waals surface area contributed by atoms with Gasteiger partial charge in [0.25, 0.3) is 0 Å². The Kier molecular flexibility index (Phi) is 6.02. The Hall–Kier alpha value is -3.22. The summed E-state index contributed by atoms with van der Waals surface area (Å²) in [6.45, 7) is 3.28. The lowest BCUT2D eigenvalue weighted by molar-refractivity contribution is -0.121. The van der Waals surface area contributed by atoms with E-state index in [1.54, 1.807) is 23.0 Å². The highest BCUT2D eigenvalue weighted by Gasteiger charge is 2.22. The van der Waals surface area contributed by atoms with Gasteiger partial charge in [-0.2, -0.15) is 10.4 Å². The summed E-state index contributed by atoms with van der Waals surface area (Å²) in [6.07, 6.45) is 2.50. The van der Waals surface area contributed by atoms with Gasteiger partial charge in [0.2, 0.25) is 5.91 Å². The van der Waals surface area contributed by atoms with Crippen LogP contribution in [0.25, 0.3) is 11.3 Å². The number of nitrogens with one attached hydrogen (secondary N) is 1. The largest absolute Gasteiger partial charge is 0.376 e. The van der Waals surface area contributed by atoms with Crippen LogP contribution in [0.3, 0.4) is 0 Å². The second-order valence-electron chi connectivity index (χ2n) is 7.33. The number of hydrogen-bond acceptors (Lipinski definition) is 6. The van der Waals surface area contributed by atoms with Gasteiger partial charge >= 0.3 is 0 Å². The van der Waals surface area contributed by atoms with Crippen LogP contribution in [-0.2, 0) is 35.5 Å². The van der Waals surface area contributed by atoms with Crippen LogP contribution in [0.15, 0.2) is 28.9 Å². The first-order chi connectivity index (χ1) is 14.9. The fraction of sp³-hybridized carbons (Fsp3) is 0.333. The number of amides is 1. The van der Waals surface area contributed by atoms with Crippen LogP contribution in [0.5, 0.6) is 0 Å². The molecule has 10 heteroatoms. The van der Waals surface area contributed by atoms with Gasteiger partial charge in [-0.15, -0.1) is 0 Å². The van der Waals surface area contributed by atoms with E-state index in [1.807, 2.05) is 6.92 Å². The summed E-state index contributed by atoms with van der Waals surface area (Å²) < 4.78 is 26.4.